The highest BCUT2D eigenvalue weighted by Crippen LogP contribution is 2.44. The third kappa shape index (κ3) is 4.96. The van der Waals surface area contributed by atoms with Gasteiger partial charge in [-0.2, -0.15) is 0 Å². The van der Waals surface area contributed by atoms with Gasteiger partial charge in [0.05, 0.1) is 15.6 Å². The van der Waals surface area contributed by atoms with Gasteiger partial charge in [0.2, 0.25) is 0 Å². The van der Waals surface area contributed by atoms with Crippen LogP contribution in [-0.4, -0.2) is 4.98 Å². The number of anilines is 3. The summed E-state index contributed by atoms with van der Waals surface area (Å²) in [7, 11) is 0. The first-order valence-corrected chi connectivity index (χ1v) is 20.7. The van der Waals surface area contributed by atoms with Gasteiger partial charge in [-0.3, -0.25) is 0 Å². The molecule has 0 bridgehead atoms. The van der Waals surface area contributed by atoms with E-state index in [0.717, 1.165) is 70.9 Å². The van der Waals surface area contributed by atoms with Crippen LogP contribution in [0, 0.1) is 0 Å². The van der Waals surface area contributed by atoms with Crippen molar-refractivity contribution in [3.05, 3.63) is 170 Å². The minimum Gasteiger partial charge on any atom is -0.456 e. The number of thiazole rings is 1. The van der Waals surface area contributed by atoms with Crippen LogP contribution < -0.4 is 4.90 Å². The summed E-state index contributed by atoms with van der Waals surface area (Å²) in [6.07, 6.45) is 0. The zero-order valence-corrected chi connectivity index (χ0v) is 31.6. The Morgan fingerprint density at radius 2 is 0.964 bits per heavy atom. The van der Waals surface area contributed by atoms with Gasteiger partial charge in [-0.25, -0.2) is 4.98 Å². The topological polar surface area (TPSA) is 29.3 Å². The first-order chi connectivity index (χ1) is 27.2. The van der Waals surface area contributed by atoms with Gasteiger partial charge < -0.3 is 9.32 Å². The SMILES string of the molecule is c1ccc(-c2nc3c(ccc4oc5cc(-c6ccc(N(c7ccc8c(c7)sc7ccccc78)c7ccc8c(c7)sc7ccccc78)cc6)ccc5c43)s2)cc1. The lowest BCUT2D eigenvalue weighted by Crippen LogP contribution is -2.09. The number of benzene rings is 8. The molecule has 4 aromatic heterocycles. The molecule has 8 aromatic carbocycles. The summed E-state index contributed by atoms with van der Waals surface area (Å²) < 4.78 is 12.8. The second kappa shape index (κ2) is 12.1. The molecular formula is C49H28N2OS3. The maximum Gasteiger partial charge on any atom is 0.137 e. The smallest absolute Gasteiger partial charge is 0.137 e. The van der Waals surface area contributed by atoms with Crippen LogP contribution in [0.1, 0.15) is 0 Å². The zero-order chi connectivity index (χ0) is 36.0. The molecule has 0 N–H and O–H groups in total. The summed E-state index contributed by atoms with van der Waals surface area (Å²) in [4.78, 5) is 7.49. The minimum atomic E-state index is 0.863. The number of fused-ring (bicyclic) bond motifs is 11. The van der Waals surface area contributed by atoms with Gasteiger partial charge in [-0.15, -0.1) is 34.0 Å². The second-order valence-electron chi connectivity index (χ2n) is 13.9. The van der Waals surface area contributed by atoms with E-state index < -0.39 is 0 Å². The van der Waals surface area contributed by atoms with Crippen molar-refractivity contribution in [1.29, 1.82) is 0 Å². The van der Waals surface area contributed by atoms with Crippen molar-refractivity contribution in [3.8, 4) is 21.7 Å². The first kappa shape index (κ1) is 31.1. The van der Waals surface area contributed by atoms with E-state index in [-0.39, 0.29) is 0 Å². The van der Waals surface area contributed by atoms with Crippen LogP contribution in [0.15, 0.2) is 174 Å². The fraction of sp³-hybridized carbons (Fsp3) is 0. The highest BCUT2D eigenvalue weighted by atomic mass is 32.1. The van der Waals surface area contributed by atoms with E-state index in [1.54, 1.807) is 11.3 Å². The molecule has 0 amide bonds. The summed E-state index contributed by atoms with van der Waals surface area (Å²) >= 11 is 5.43. The predicted octanol–water partition coefficient (Wildman–Crippen LogP) is 15.7. The molecule has 0 aliphatic carbocycles. The van der Waals surface area contributed by atoms with E-state index >= 15 is 0 Å². The van der Waals surface area contributed by atoms with Gasteiger partial charge in [-0.1, -0.05) is 97.1 Å². The Bertz CT molecular complexity index is 3330. The van der Waals surface area contributed by atoms with E-state index in [1.807, 2.05) is 28.7 Å². The molecule has 0 unspecified atom stereocenters. The van der Waals surface area contributed by atoms with Crippen LogP contribution in [0.25, 0.3) is 94.2 Å². The van der Waals surface area contributed by atoms with Crippen molar-refractivity contribution in [3.63, 3.8) is 0 Å². The molecule has 0 fully saturated rings. The molecular weight excluding hydrogens is 729 g/mol. The second-order valence-corrected chi connectivity index (χ2v) is 17.1. The van der Waals surface area contributed by atoms with E-state index in [0.29, 0.717) is 0 Å². The monoisotopic (exact) mass is 756 g/mol. The van der Waals surface area contributed by atoms with Crippen molar-refractivity contribution in [1.82, 2.24) is 4.98 Å². The molecule has 55 heavy (non-hydrogen) atoms. The van der Waals surface area contributed by atoms with Crippen molar-refractivity contribution in [2.75, 3.05) is 4.90 Å². The number of nitrogens with zero attached hydrogens (tertiary/aromatic N) is 2. The number of hydrogen-bond donors (Lipinski definition) is 0. The largest absolute Gasteiger partial charge is 0.456 e. The molecule has 12 rings (SSSR count). The molecule has 4 heterocycles. The van der Waals surface area contributed by atoms with E-state index in [2.05, 4.69) is 169 Å². The normalized spacial score (nSPS) is 12.0. The Morgan fingerprint density at radius 1 is 0.382 bits per heavy atom. The highest BCUT2D eigenvalue weighted by Gasteiger charge is 2.19. The third-order valence-corrected chi connectivity index (χ3v) is 14.1. The Hall–Kier alpha value is -6.31. The summed E-state index contributed by atoms with van der Waals surface area (Å²) in [6, 6.07) is 61.3. The highest BCUT2D eigenvalue weighted by molar-refractivity contribution is 7.26. The Morgan fingerprint density at radius 3 is 1.65 bits per heavy atom. The zero-order valence-electron chi connectivity index (χ0n) is 29.2. The van der Waals surface area contributed by atoms with Crippen LogP contribution in [0.3, 0.4) is 0 Å². The molecule has 0 atom stereocenters. The lowest BCUT2D eigenvalue weighted by molar-refractivity contribution is 0.669. The van der Waals surface area contributed by atoms with E-state index in [4.69, 9.17) is 9.40 Å². The van der Waals surface area contributed by atoms with E-state index in [9.17, 15) is 0 Å². The lowest BCUT2D eigenvalue weighted by Gasteiger charge is -2.26. The predicted molar refractivity (Wildman–Crippen MR) is 238 cm³/mol. The van der Waals surface area contributed by atoms with E-state index in [1.165, 1.54) is 40.3 Å². The van der Waals surface area contributed by atoms with Crippen molar-refractivity contribution >= 4 is 124 Å². The average molecular weight is 757 g/mol. The number of thiophene rings is 2. The average Bonchev–Trinajstić information content (AvgIpc) is 4.02. The Kier molecular flexibility index (Phi) is 6.84. The fourth-order valence-corrected chi connectivity index (χ4v) is 11.4. The molecule has 6 heteroatoms. The van der Waals surface area contributed by atoms with Crippen LogP contribution in [-0.2, 0) is 0 Å². The molecule has 258 valence electrons. The Balaban J connectivity index is 0.956. The molecule has 0 saturated heterocycles. The molecule has 0 aliphatic rings. The Labute approximate surface area is 327 Å². The number of rotatable bonds is 5. The quantitative estimate of drug-likeness (QED) is 0.175. The number of aromatic nitrogens is 1. The van der Waals surface area contributed by atoms with Gasteiger partial charge >= 0.3 is 0 Å². The van der Waals surface area contributed by atoms with Crippen molar-refractivity contribution in [2.45, 2.75) is 0 Å². The van der Waals surface area contributed by atoms with Gasteiger partial charge in [0, 0.05) is 68.4 Å². The van der Waals surface area contributed by atoms with Crippen LogP contribution in [0.2, 0.25) is 0 Å². The van der Waals surface area contributed by atoms with Gasteiger partial charge in [0.1, 0.15) is 16.2 Å². The van der Waals surface area contributed by atoms with Gasteiger partial charge in [0.15, 0.2) is 0 Å². The summed E-state index contributed by atoms with van der Waals surface area (Å²) in [5.74, 6) is 0. The molecule has 0 spiro atoms. The molecule has 3 nitrogen and oxygen atoms in total. The molecule has 0 radical (unpaired) electrons. The fourth-order valence-electron chi connectivity index (χ4n) is 8.09. The lowest BCUT2D eigenvalue weighted by atomic mass is 10.0. The van der Waals surface area contributed by atoms with Gasteiger partial charge in [0.25, 0.3) is 0 Å². The minimum absolute atomic E-state index is 0.863. The summed E-state index contributed by atoms with van der Waals surface area (Å²) in [5.41, 5.74) is 9.50. The van der Waals surface area contributed by atoms with Crippen LogP contribution in [0.4, 0.5) is 17.1 Å². The van der Waals surface area contributed by atoms with Crippen LogP contribution >= 0.6 is 34.0 Å². The molecule has 0 aliphatic heterocycles. The summed E-state index contributed by atoms with van der Waals surface area (Å²) in [5, 5.41) is 8.41. The van der Waals surface area contributed by atoms with Crippen molar-refractivity contribution in [2.24, 2.45) is 0 Å². The van der Waals surface area contributed by atoms with Gasteiger partial charge in [-0.05, 0) is 83.9 Å². The first-order valence-electron chi connectivity index (χ1n) is 18.3. The third-order valence-electron chi connectivity index (χ3n) is 10.7. The molecule has 0 saturated carbocycles. The number of furan rings is 1. The number of hydrogen-bond acceptors (Lipinski definition) is 6. The molecule has 12 aromatic rings. The van der Waals surface area contributed by atoms with Crippen LogP contribution in [0.5, 0.6) is 0 Å². The summed E-state index contributed by atoms with van der Waals surface area (Å²) in [6.45, 7) is 0. The maximum absolute atomic E-state index is 6.49. The standard InChI is InChI=1S/C49H28N2OS3/c1-2-8-30(9-3-1)49-50-48-44(55-49)25-24-40-47(48)39-21-16-31(26-41(39)52-40)29-14-17-32(18-15-29)51(33-19-22-37-35-10-4-6-12-42(35)53-45(37)27-33)34-20-23-38-36-11-5-7-13-43(36)54-46(38)28-34/h1-28H. The maximum atomic E-state index is 6.49. The van der Waals surface area contributed by atoms with Crippen molar-refractivity contribution < 1.29 is 4.42 Å².